The van der Waals surface area contributed by atoms with Crippen LogP contribution in [0, 0.1) is 0 Å². The topological polar surface area (TPSA) is 68.0 Å². The zero-order chi connectivity index (χ0) is 12.3. The van der Waals surface area contributed by atoms with Gasteiger partial charge in [-0.2, -0.15) is 12.6 Å². The van der Waals surface area contributed by atoms with Crippen molar-refractivity contribution in [3.63, 3.8) is 0 Å². The van der Waals surface area contributed by atoms with Gasteiger partial charge < -0.3 is 5.11 Å². The van der Waals surface area contributed by atoms with Crippen molar-refractivity contribution in [2.24, 2.45) is 0 Å². The fourth-order valence-corrected chi connectivity index (χ4v) is 1.65. The first-order valence-electron chi connectivity index (χ1n) is 5.03. The van der Waals surface area contributed by atoms with Crippen molar-refractivity contribution in [1.82, 2.24) is 15.0 Å². The van der Waals surface area contributed by atoms with Crippen LogP contribution in [0.15, 0.2) is 36.7 Å². The van der Waals surface area contributed by atoms with Crippen LogP contribution < -0.4 is 0 Å². The molecule has 1 atom stereocenters. The Kier molecular flexibility index (Phi) is 3.43. The van der Waals surface area contributed by atoms with E-state index in [4.69, 9.17) is 5.11 Å². The lowest BCUT2D eigenvalue weighted by molar-refractivity contribution is -0.136. The zero-order valence-electron chi connectivity index (χ0n) is 8.89. The molecular formula is C11H11N3O2S. The highest BCUT2D eigenvalue weighted by Crippen LogP contribution is 2.12. The first kappa shape index (κ1) is 11.7. The van der Waals surface area contributed by atoms with E-state index in [1.165, 1.54) is 0 Å². The number of aromatic nitrogens is 3. The minimum absolute atomic E-state index is 0.399. The predicted octanol–water partition coefficient (Wildman–Crippen LogP) is 1.19. The number of hydrogen-bond acceptors (Lipinski definition) is 4. The standard InChI is InChI=1S/C11H11N3O2S/c15-11(16)10(17)7-8-1-3-9(4-2-8)14-6-5-12-13-14/h1-6,10,17H,7H2,(H,15,16). The molecule has 0 bridgehead atoms. The molecule has 0 saturated carbocycles. The lowest BCUT2D eigenvalue weighted by Crippen LogP contribution is -2.16. The zero-order valence-corrected chi connectivity index (χ0v) is 9.79. The van der Waals surface area contributed by atoms with Crippen LogP contribution in [0.25, 0.3) is 5.69 Å². The first-order chi connectivity index (χ1) is 8.16. The van der Waals surface area contributed by atoms with E-state index in [1.807, 2.05) is 24.3 Å². The molecule has 1 aromatic heterocycles. The summed E-state index contributed by atoms with van der Waals surface area (Å²) in [5.41, 5.74) is 1.81. The summed E-state index contributed by atoms with van der Waals surface area (Å²) in [5, 5.41) is 15.7. The summed E-state index contributed by atoms with van der Waals surface area (Å²) in [4.78, 5) is 10.7. The van der Waals surface area contributed by atoms with E-state index >= 15 is 0 Å². The number of aliphatic carboxylic acids is 1. The van der Waals surface area contributed by atoms with Crippen LogP contribution in [0.4, 0.5) is 0 Å². The largest absolute Gasteiger partial charge is 0.480 e. The summed E-state index contributed by atoms with van der Waals surface area (Å²) in [7, 11) is 0. The Balaban J connectivity index is 2.11. The number of carboxylic acid groups (broad SMARTS) is 1. The maximum atomic E-state index is 10.7. The van der Waals surface area contributed by atoms with Gasteiger partial charge in [-0.15, -0.1) is 5.10 Å². The van der Waals surface area contributed by atoms with E-state index in [1.54, 1.807) is 17.1 Å². The molecule has 0 aliphatic heterocycles. The second-order valence-electron chi connectivity index (χ2n) is 3.57. The number of benzene rings is 1. The van der Waals surface area contributed by atoms with E-state index in [9.17, 15) is 4.79 Å². The molecule has 1 aromatic carbocycles. The minimum Gasteiger partial charge on any atom is -0.480 e. The Morgan fingerprint density at radius 3 is 2.65 bits per heavy atom. The molecule has 0 spiro atoms. The molecule has 0 aliphatic rings. The third kappa shape index (κ3) is 2.85. The molecule has 17 heavy (non-hydrogen) atoms. The third-order valence-electron chi connectivity index (χ3n) is 2.34. The molecule has 1 heterocycles. The van der Waals surface area contributed by atoms with Gasteiger partial charge in [0.15, 0.2) is 0 Å². The van der Waals surface area contributed by atoms with E-state index in [2.05, 4.69) is 22.9 Å². The third-order valence-corrected chi connectivity index (χ3v) is 2.74. The van der Waals surface area contributed by atoms with Gasteiger partial charge in [0, 0.05) is 0 Å². The second-order valence-corrected chi connectivity index (χ2v) is 4.20. The molecule has 5 nitrogen and oxygen atoms in total. The van der Waals surface area contributed by atoms with Crippen molar-refractivity contribution in [3.8, 4) is 5.69 Å². The first-order valence-corrected chi connectivity index (χ1v) is 5.55. The van der Waals surface area contributed by atoms with Crippen LogP contribution in [-0.2, 0) is 11.2 Å². The number of carbonyl (C=O) groups is 1. The Labute approximate surface area is 103 Å². The molecule has 0 amide bonds. The number of thiol groups is 1. The van der Waals surface area contributed by atoms with Crippen molar-refractivity contribution in [1.29, 1.82) is 0 Å². The fourth-order valence-electron chi connectivity index (χ4n) is 1.44. The summed E-state index contributed by atoms with van der Waals surface area (Å²) >= 11 is 3.99. The van der Waals surface area contributed by atoms with E-state index in [-0.39, 0.29) is 0 Å². The van der Waals surface area contributed by atoms with Crippen molar-refractivity contribution in [2.45, 2.75) is 11.7 Å². The van der Waals surface area contributed by atoms with Gasteiger partial charge >= 0.3 is 5.97 Å². The van der Waals surface area contributed by atoms with Crippen molar-refractivity contribution in [2.75, 3.05) is 0 Å². The lowest BCUT2D eigenvalue weighted by atomic mass is 10.1. The molecule has 0 fully saturated rings. The molecule has 6 heteroatoms. The normalized spacial score (nSPS) is 12.3. The number of hydrogen-bond donors (Lipinski definition) is 2. The monoisotopic (exact) mass is 249 g/mol. The summed E-state index contributed by atoms with van der Waals surface area (Å²) in [6.07, 6.45) is 3.74. The van der Waals surface area contributed by atoms with Gasteiger partial charge in [0.1, 0.15) is 5.25 Å². The maximum Gasteiger partial charge on any atom is 0.316 e. The fraction of sp³-hybridized carbons (Fsp3) is 0.182. The SMILES string of the molecule is O=C(O)C(S)Cc1ccc(-n2ccnn2)cc1. The van der Waals surface area contributed by atoms with Crippen LogP contribution in [-0.4, -0.2) is 31.3 Å². The number of nitrogens with zero attached hydrogens (tertiary/aromatic N) is 3. The van der Waals surface area contributed by atoms with Gasteiger partial charge in [0.05, 0.1) is 18.1 Å². The highest BCUT2D eigenvalue weighted by Gasteiger charge is 2.12. The molecule has 0 radical (unpaired) electrons. The average Bonchev–Trinajstić information content (AvgIpc) is 2.83. The molecule has 2 aromatic rings. The van der Waals surface area contributed by atoms with Crippen LogP contribution in [0.5, 0.6) is 0 Å². The van der Waals surface area contributed by atoms with E-state index < -0.39 is 11.2 Å². The van der Waals surface area contributed by atoms with Crippen molar-refractivity contribution < 1.29 is 9.90 Å². The summed E-state index contributed by atoms with van der Waals surface area (Å²) in [6.45, 7) is 0. The summed E-state index contributed by atoms with van der Waals surface area (Å²) in [6, 6.07) is 7.46. The number of carboxylic acids is 1. The molecular weight excluding hydrogens is 238 g/mol. The molecule has 1 unspecified atom stereocenters. The maximum absolute atomic E-state index is 10.7. The molecule has 88 valence electrons. The molecule has 0 aliphatic carbocycles. The van der Waals surface area contributed by atoms with Crippen molar-refractivity contribution in [3.05, 3.63) is 42.2 Å². The summed E-state index contributed by atoms with van der Waals surface area (Å²) in [5.74, 6) is -0.909. The van der Waals surface area contributed by atoms with Gasteiger partial charge in [-0.05, 0) is 24.1 Å². The van der Waals surface area contributed by atoms with Crippen LogP contribution in [0.1, 0.15) is 5.56 Å². The summed E-state index contributed by atoms with van der Waals surface area (Å²) < 4.78 is 1.64. The van der Waals surface area contributed by atoms with Gasteiger partial charge in [0.25, 0.3) is 0 Å². The van der Waals surface area contributed by atoms with Crippen molar-refractivity contribution >= 4 is 18.6 Å². The van der Waals surface area contributed by atoms with E-state index in [0.717, 1.165) is 11.3 Å². The van der Waals surface area contributed by atoms with Crippen LogP contribution in [0.3, 0.4) is 0 Å². The Hall–Kier alpha value is -1.82. The molecule has 1 N–H and O–H groups in total. The highest BCUT2D eigenvalue weighted by atomic mass is 32.1. The Bertz CT molecular complexity index is 496. The van der Waals surface area contributed by atoms with Gasteiger partial charge in [0.2, 0.25) is 0 Å². The Morgan fingerprint density at radius 1 is 1.41 bits per heavy atom. The average molecular weight is 249 g/mol. The highest BCUT2D eigenvalue weighted by molar-refractivity contribution is 7.81. The van der Waals surface area contributed by atoms with Crippen LogP contribution >= 0.6 is 12.6 Å². The quantitative estimate of drug-likeness (QED) is 0.799. The van der Waals surface area contributed by atoms with Gasteiger partial charge in [-0.3, -0.25) is 4.79 Å². The second kappa shape index (κ2) is 5.01. The predicted molar refractivity (Wildman–Crippen MR) is 65.5 cm³/mol. The van der Waals surface area contributed by atoms with E-state index in [0.29, 0.717) is 6.42 Å². The van der Waals surface area contributed by atoms with Crippen LogP contribution in [0.2, 0.25) is 0 Å². The van der Waals surface area contributed by atoms with Gasteiger partial charge in [-0.1, -0.05) is 17.3 Å². The number of rotatable bonds is 4. The van der Waals surface area contributed by atoms with Gasteiger partial charge in [-0.25, -0.2) is 4.68 Å². The lowest BCUT2D eigenvalue weighted by Gasteiger charge is -2.06. The minimum atomic E-state index is -0.909. The molecule has 2 rings (SSSR count). The molecule has 0 saturated heterocycles. The Morgan fingerprint density at radius 2 is 2.12 bits per heavy atom. The smallest absolute Gasteiger partial charge is 0.316 e.